The van der Waals surface area contributed by atoms with Crippen LogP contribution in [0.4, 0.5) is 0 Å². The summed E-state index contributed by atoms with van der Waals surface area (Å²) in [6.45, 7) is 7.19. The van der Waals surface area contributed by atoms with Crippen molar-refractivity contribution < 1.29 is 4.74 Å². The number of nitrogens with zero attached hydrogens (tertiary/aromatic N) is 3. The minimum atomic E-state index is 0.660. The monoisotopic (exact) mass is 389 g/mol. The number of benzene rings is 1. The zero-order valence-corrected chi connectivity index (χ0v) is 17.8. The summed E-state index contributed by atoms with van der Waals surface area (Å²) < 4.78 is 5.92. The highest BCUT2D eigenvalue weighted by atomic mass is 32.1. The molecule has 0 atom stereocenters. The number of hydrogen-bond acceptors (Lipinski definition) is 5. The van der Waals surface area contributed by atoms with Gasteiger partial charge in [0, 0.05) is 43.5 Å². The number of likely N-dealkylation sites (N-methyl/N-ethyl adjacent to an activating group) is 1. The molecule has 7 heteroatoms. The molecule has 1 aromatic heterocycles. The van der Waals surface area contributed by atoms with Gasteiger partial charge in [0.2, 0.25) is 0 Å². The van der Waals surface area contributed by atoms with E-state index in [0.717, 1.165) is 47.5 Å². The van der Waals surface area contributed by atoms with Crippen LogP contribution in [0.3, 0.4) is 0 Å². The smallest absolute Gasteiger partial charge is 0.191 e. The second-order valence-electron chi connectivity index (χ2n) is 6.61. The first-order valence-electron chi connectivity index (χ1n) is 9.22. The summed E-state index contributed by atoms with van der Waals surface area (Å²) in [4.78, 5) is 12.3. The van der Waals surface area contributed by atoms with Crippen LogP contribution in [0.1, 0.15) is 21.1 Å². The lowest BCUT2D eigenvalue weighted by Gasteiger charge is -2.16. The second-order valence-corrected chi connectivity index (χ2v) is 7.90. The number of para-hydroxylation sites is 1. The number of nitrogens with one attached hydrogen (secondary N) is 2. The van der Waals surface area contributed by atoms with Crippen molar-refractivity contribution in [3.05, 3.63) is 45.4 Å². The number of hydrogen-bond donors (Lipinski definition) is 2. The maximum absolute atomic E-state index is 5.92. The van der Waals surface area contributed by atoms with Gasteiger partial charge in [0.1, 0.15) is 12.4 Å². The Balaban J connectivity index is 1.81. The molecule has 148 valence electrons. The fraction of sp³-hybridized carbons (Fsp3) is 0.500. The van der Waals surface area contributed by atoms with Crippen LogP contribution in [0.2, 0.25) is 0 Å². The molecule has 0 spiro atoms. The number of aliphatic imine (C=N–C) groups is 1. The van der Waals surface area contributed by atoms with Crippen molar-refractivity contribution in [1.82, 2.24) is 20.5 Å². The second kappa shape index (κ2) is 10.9. The average Bonchev–Trinajstić information content (AvgIpc) is 2.96. The Kier molecular flexibility index (Phi) is 8.54. The van der Waals surface area contributed by atoms with Crippen LogP contribution in [0, 0.1) is 13.8 Å². The van der Waals surface area contributed by atoms with Gasteiger partial charge in [-0.3, -0.25) is 4.99 Å². The van der Waals surface area contributed by atoms with Crippen LogP contribution in [0.15, 0.2) is 29.3 Å². The van der Waals surface area contributed by atoms with Gasteiger partial charge in [-0.05, 0) is 34.0 Å². The Bertz CT molecular complexity index is 722. The van der Waals surface area contributed by atoms with Crippen molar-refractivity contribution in [1.29, 1.82) is 0 Å². The van der Waals surface area contributed by atoms with Crippen LogP contribution in [0.5, 0.6) is 5.75 Å². The highest BCUT2D eigenvalue weighted by molar-refractivity contribution is 7.11. The molecule has 0 saturated carbocycles. The van der Waals surface area contributed by atoms with E-state index in [0.29, 0.717) is 13.2 Å². The van der Waals surface area contributed by atoms with Crippen LogP contribution in [-0.2, 0) is 13.0 Å². The normalized spacial score (nSPS) is 11.7. The predicted octanol–water partition coefficient (Wildman–Crippen LogP) is 2.61. The van der Waals surface area contributed by atoms with E-state index in [1.54, 1.807) is 18.4 Å². The van der Waals surface area contributed by atoms with E-state index in [-0.39, 0.29) is 0 Å². The third-order valence-corrected chi connectivity index (χ3v) is 5.28. The molecule has 2 N–H and O–H groups in total. The fourth-order valence-corrected chi connectivity index (χ4v) is 3.40. The molecule has 0 aliphatic rings. The van der Waals surface area contributed by atoms with Gasteiger partial charge in [-0.1, -0.05) is 18.2 Å². The quantitative estimate of drug-likeness (QED) is 0.510. The van der Waals surface area contributed by atoms with E-state index in [2.05, 4.69) is 45.4 Å². The van der Waals surface area contributed by atoms with Crippen molar-refractivity contribution in [2.45, 2.75) is 26.8 Å². The maximum atomic E-state index is 5.92. The third kappa shape index (κ3) is 7.19. The van der Waals surface area contributed by atoms with Gasteiger partial charge >= 0.3 is 0 Å². The van der Waals surface area contributed by atoms with Crippen LogP contribution in [-0.4, -0.2) is 56.7 Å². The maximum Gasteiger partial charge on any atom is 0.191 e. The van der Waals surface area contributed by atoms with E-state index < -0.39 is 0 Å². The van der Waals surface area contributed by atoms with Gasteiger partial charge in [-0.15, -0.1) is 11.3 Å². The molecule has 0 unspecified atom stereocenters. The van der Waals surface area contributed by atoms with E-state index in [4.69, 9.17) is 4.74 Å². The summed E-state index contributed by atoms with van der Waals surface area (Å²) in [6.07, 6.45) is 0.893. The third-order valence-electron chi connectivity index (χ3n) is 4.14. The first-order chi connectivity index (χ1) is 13.0. The molecule has 0 saturated heterocycles. The molecule has 1 heterocycles. The zero-order chi connectivity index (χ0) is 19.6. The molecular weight excluding hydrogens is 358 g/mol. The van der Waals surface area contributed by atoms with Gasteiger partial charge < -0.3 is 20.3 Å². The predicted molar refractivity (Wildman–Crippen MR) is 114 cm³/mol. The van der Waals surface area contributed by atoms with E-state index in [9.17, 15) is 0 Å². The fourth-order valence-electron chi connectivity index (χ4n) is 2.46. The molecule has 0 amide bonds. The van der Waals surface area contributed by atoms with Gasteiger partial charge in [0.25, 0.3) is 0 Å². The van der Waals surface area contributed by atoms with E-state index >= 15 is 0 Å². The molecule has 2 rings (SSSR count). The highest BCUT2D eigenvalue weighted by Gasteiger charge is 2.06. The first-order valence-corrected chi connectivity index (χ1v) is 10.0. The Morgan fingerprint density at radius 2 is 2.00 bits per heavy atom. The van der Waals surface area contributed by atoms with Gasteiger partial charge in [-0.25, -0.2) is 4.98 Å². The van der Waals surface area contributed by atoms with Crippen molar-refractivity contribution in [2.24, 2.45) is 4.99 Å². The molecule has 0 fully saturated rings. The van der Waals surface area contributed by atoms with Crippen molar-refractivity contribution in [3.63, 3.8) is 0 Å². The Morgan fingerprint density at radius 3 is 2.67 bits per heavy atom. The number of guanidine groups is 1. The molecule has 0 aliphatic carbocycles. The average molecular weight is 390 g/mol. The number of aromatic nitrogens is 1. The topological polar surface area (TPSA) is 61.8 Å². The van der Waals surface area contributed by atoms with E-state index in [1.807, 2.05) is 32.3 Å². The van der Waals surface area contributed by atoms with Crippen LogP contribution < -0.4 is 15.4 Å². The van der Waals surface area contributed by atoms with Crippen LogP contribution in [0.25, 0.3) is 0 Å². The molecule has 27 heavy (non-hydrogen) atoms. The lowest BCUT2D eigenvalue weighted by molar-refractivity contribution is 0.259. The van der Waals surface area contributed by atoms with E-state index in [1.165, 1.54) is 4.88 Å². The summed E-state index contributed by atoms with van der Waals surface area (Å²) in [5.41, 5.74) is 2.24. The standard InChI is InChI=1S/C20H31N5OS/c1-15-16(2)27-19(24-15)10-11-22-20(21-3)23-14-17-8-6-7-9-18(17)26-13-12-25(4)5/h6-9H,10-14H2,1-5H3,(H2,21,22,23). The lowest BCUT2D eigenvalue weighted by atomic mass is 10.2. The molecule has 6 nitrogen and oxygen atoms in total. The SMILES string of the molecule is CN=C(NCCc1nc(C)c(C)s1)NCc1ccccc1OCCN(C)C. The number of rotatable bonds is 9. The molecular formula is C20H31N5OS. The van der Waals surface area contributed by atoms with Gasteiger partial charge in [0.05, 0.1) is 10.7 Å². The van der Waals surface area contributed by atoms with Gasteiger partial charge in [0.15, 0.2) is 5.96 Å². The largest absolute Gasteiger partial charge is 0.492 e. The number of ether oxygens (including phenoxy) is 1. The summed E-state index contributed by atoms with van der Waals surface area (Å²) in [7, 11) is 5.87. The Morgan fingerprint density at radius 1 is 1.22 bits per heavy atom. The summed E-state index contributed by atoms with van der Waals surface area (Å²) >= 11 is 1.76. The number of thiazole rings is 1. The molecule has 0 aliphatic heterocycles. The highest BCUT2D eigenvalue weighted by Crippen LogP contribution is 2.18. The zero-order valence-electron chi connectivity index (χ0n) is 17.0. The Labute approximate surface area is 166 Å². The summed E-state index contributed by atoms with van der Waals surface area (Å²) in [5.74, 6) is 1.69. The van der Waals surface area contributed by atoms with Gasteiger partial charge in [-0.2, -0.15) is 0 Å². The molecule has 2 aromatic rings. The number of aryl methyl sites for hydroxylation is 2. The van der Waals surface area contributed by atoms with Crippen molar-refractivity contribution >= 4 is 17.3 Å². The minimum absolute atomic E-state index is 0.660. The molecule has 0 bridgehead atoms. The molecule has 1 aromatic carbocycles. The lowest BCUT2D eigenvalue weighted by Crippen LogP contribution is -2.38. The summed E-state index contributed by atoms with van der Waals surface area (Å²) in [5, 5.41) is 7.87. The first kappa shape index (κ1) is 21.2. The minimum Gasteiger partial charge on any atom is -0.492 e. The van der Waals surface area contributed by atoms with Crippen LogP contribution >= 0.6 is 11.3 Å². The van der Waals surface area contributed by atoms with Crippen molar-refractivity contribution in [3.8, 4) is 5.75 Å². The van der Waals surface area contributed by atoms with Crippen molar-refractivity contribution in [2.75, 3.05) is 40.8 Å². The summed E-state index contributed by atoms with van der Waals surface area (Å²) in [6, 6.07) is 8.11. The molecule has 0 radical (unpaired) electrons. The Hall–Kier alpha value is -2.12.